The van der Waals surface area contributed by atoms with Gasteiger partial charge in [-0.15, -0.1) is 0 Å². The van der Waals surface area contributed by atoms with Crippen LogP contribution in [0.3, 0.4) is 0 Å². The predicted octanol–water partition coefficient (Wildman–Crippen LogP) is 1.72. The molecule has 0 amide bonds. The Labute approximate surface area is 124 Å². The third-order valence-corrected chi connectivity index (χ3v) is 2.79. The summed E-state index contributed by atoms with van der Waals surface area (Å²) in [5.41, 5.74) is -0.303. The number of anilines is 1. The van der Waals surface area contributed by atoms with Gasteiger partial charge < -0.3 is 20.1 Å². The van der Waals surface area contributed by atoms with Gasteiger partial charge in [0.25, 0.3) is 0 Å². The smallest absolute Gasteiger partial charge is 0.311 e. The van der Waals surface area contributed by atoms with Crippen LogP contribution in [0.5, 0.6) is 5.75 Å². The highest BCUT2D eigenvalue weighted by molar-refractivity contribution is 5.58. The number of benzene rings is 1. The van der Waals surface area contributed by atoms with Gasteiger partial charge in [-0.25, -0.2) is 0 Å². The molecule has 0 saturated carbocycles. The summed E-state index contributed by atoms with van der Waals surface area (Å²) in [7, 11) is 3.76. The van der Waals surface area contributed by atoms with Crippen molar-refractivity contribution in [2.75, 3.05) is 39.1 Å². The van der Waals surface area contributed by atoms with Crippen LogP contribution in [0.15, 0.2) is 18.2 Å². The highest BCUT2D eigenvalue weighted by Gasteiger charge is 2.22. The largest absolute Gasteiger partial charge is 0.487 e. The van der Waals surface area contributed by atoms with E-state index in [1.807, 2.05) is 19.0 Å². The first-order chi connectivity index (χ1) is 9.75. The van der Waals surface area contributed by atoms with Crippen LogP contribution in [0.2, 0.25) is 0 Å². The van der Waals surface area contributed by atoms with Gasteiger partial charge in [0.1, 0.15) is 0 Å². The summed E-state index contributed by atoms with van der Waals surface area (Å²) in [6, 6.07) is 4.58. The summed E-state index contributed by atoms with van der Waals surface area (Å²) in [5, 5.41) is 24.2. The SMILES string of the molecule is CCOc1cc(NCC(C)(O)CN(C)C)ccc1[N+](=O)[O-]. The number of nitro groups is 1. The number of hydrogen-bond acceptors (Lipinski definition) is 6. The Morgan fingerprint density at radius 3 is 2.67 bits per heavy atom. The minimum absolute atomic E-state index is 0.0672. The van der Waals surface area contributed by atoms with E-state index in [-0.39, 0.29) is 11.4 Å². The second-order valence-corrected chi connectivity index (χ2v) is 5.46. The molecule has 21 heavy (non-hydrogen) atoms. The predicted molar refractivity (Wildman–Crippen MR) is 81.9 cm³/mol. The van der Waals surface area contributed by atoms with E-state index in [0.717, 1.165) is 0 Å². The van der Waals surface area contributed by atoms with Gasteiger partial charge in [-0.3, -0.25) is 10.1 Å². The maximum Gasteiger partial charge on any atom is 0.311 e. The zero-order valence-electron chi connectivity index (χ0n) is 12.9. The normalized spacial score (nSPS) is 13.8. The molecule has 0 aliphatic heterocycles. The molecule has 0 spiro atoms. The van der Waals surface area contributed by atoms with E-state index in [1.54, 1.807) is 26.0 Å². The van der Waals surface area contributed by atoms with E-state index in [0.29, 0.717) is 25.4 Å². The molecule has 7 heteroatoms. The fourth-order valence-corrected chi connectivity index (χ4v) is 2.08. The van der Waals surface area contributed by atoms with E-state index >= 15 is 0 Å². The minimum atomic E-state index is -0.906. The molecule has 0 aliphatic rings. The van der Waals surface area contributed by atoms with Gasteiger partial charge in [-0.1, -0.05) is 0 Å². The molecule has 1 atom stereocenters. The number of hydrogen-bond donors (Lipinski definition) is 2. The highest BCUT2D eigenvalue weighted by atomic mass is 16.6. The van der Waals surface area contributed by atoms with Crippen LogP contribution in [0, 0.1) is 10.1 Å². The summed E-state index contributed by atoms with van der Waals surface area (Å²) in [6.45, 7) is 4.68. The average molecular weight is 297 g/mol. The lowest BCUT2D eigenvalue weighted by Gasteiger charge is -2.27. The first-order valence-electron chi connectivity index (χ1n) is 6.77. The third-order valence-electron chi connectivity index (χ3n) is 2.79. The van der Waals surface area contributed by atoms with Gasteiger partial charge in [0.15, 0.2) is 5.75 Å². The molecule has 0 aromatic heterocycles. The topological polar surface area (TPSA) is 87.9 Å². The van der Waals surface area contributed by atoms with Gasteiger partial charge >= 0.3 is 5.69 Å². The summed E-state index contributed by atoms with van der Waals surface area (Å²) in [4.78, 5) is 12.3. The van der Waals surface area contributed by atoms with Gasteiger partial charge in [0, 0.05) is 30.9 Å². The van der Waals surface area contributed by atoms with Crippen molar-refractivity contribution in [2.45, 2.75) is 19.4 Å². The maximum atomic E-state index is 10.9. The summed E-state index contributed by atoms with van der Waals surface area (Å²) < 4.78 is 5.28. The van der Waals surface area contributed by atoms with Crippen molar-refractivity contribution >= 4 is 11.4 Å². The molecule has 1 unspecified atom stereocenters. The lowest BCUT2D eigenvalue weighted by molar-refractivity contribution is -0.385. The second-order valence-electron chi connectivity index (χ2n) is 5.46. The molecular weight excluding hydrogens is 274 g/mol. The van der Waals surface area contributed by atoms with Crippen LogP contribution < -0.4 is 10.1 Å². The van der Waals surface area contributed by atoms with Gasteiger partial charge in [-0.05, 0) is 34.0 Å². The quantitative estimate of drug-likeness (QED) is 0.561. The number of rotatable bonds is 8. The lowest BCUT2D eigenvalue weighted by atomic mass is 10.1. The Morgan fingerprint density at radius 2 is 2.14 bits per heavy atom. The molecule has 1 aromatic carbocycles. The molecule has 7 nitrogen and oxygen atoms in total. The Bertz CT molecular complexity index is 489. The number of ether oxygens (including phenoxy) is 1. The van der Waals surface area contributed by atoms with Crippen molar-refractivity contribution in [3.8, 4) is 5.75 Å². The van der Waals surface area contributed by atoms with Gasteiger partial charge in [0.2, 0.25) is 0 Å². The molecule has 0 saturated heterocycles. The molecule has 1 aromatic rings. The molecule has 0 aliphatic carbocycles. The number of likely N-dealkylation sites (N-methyl/N-ethyl adjacent to an activating group) is 1. The van der Waals surface area contributed by atoms with Crippen LogP contribution in [0.25, 0.3) is 0 Å². The number of nitrogens with one attached hydrogen (secondary N) is 1. The molecule has 118 valence electrons. The number of aliphatic hydroxyl groups is 1. The summed E-state index contributed by atoms with van der Waals surface area (Å²) >= 11 is 0. The summed E-state index contributed by atoms with van der Waals surface area (Å²) in [6.07, 6.45) is 0. The maximum absolute atomic E-state index is 10.9. The summed E-state index contributed by atoms with van der Waals surface area (Å²) in [5.74, 6) is 0.222. The Morgan fingerprint density at radius 1 is 1.48 bits per heavy atom. The van der Waals surface area contributed by atoms with Gasteiger partial charge in [0.05, 0.1) is 17.1 Å². The fourth-order valence-electron chi connectivity index (χ4n) is 2.08. The molecular formula is C14H23N3O4. The van der Waals surface area contributed by atoms with E-state index < -0.39 is 10.5 Å². The second kappa shape index (κ2) is 7.24. The van der Waals surface area contributed by atoms with Crippen molar-refractivity contribution in [3.05, 3.63) is 28.3 Å². The van der Waals surface area contributed by atoms with Crippen LogP contribution in [0.1, 0.15) is 13.8 Å². The van der Waals surface area contributed by atoms with E-state index in [1.165, 1.54) is 6.07 Å². The fraction of sp³-hybridized carbons (Fsp3) is 0.571. The lowest BCUT2D eigenvalue weighted by Crippen LogP contribution is -2.43. The molecule has 0 fully saturated rings. The molecule has 0 radical (unpaired) electrons. The van der Waals surface area contributed by atoms with E-state index in [9.17, 15) is 15.2 Å². The standard InChI is InChI=1S/C14H23N3O4/c1-5-21-13-8-11(6-7-12(13)17(19)20)15-9-14(2,18)10-16(3)4/h6-8,15,18H,5,9-10H2,1-4H3. The first kappa shape index (κ1) is 17.2. The van der Waals surface area contributed by atoms with E-state index in [2.05, 4.69) is 5.32 Å². The first-order valence-corrected chi connectivity index (χ1v) is 6.77. The number of nitro benzene ring substituents is 1. The van der Waals surface area contributed by atoms with E-state index in [4.69, 9.17) is 4.74 Å². The molecule has 0 bridgehead atoms. The molecule has 0 heterocycles. The van der Waals surface area contributed by atoms with Crippen molar-refractivity contribution in [3.63, 3.8) is 0 Å². The zero-order valence-corrected chi connectivity index (χ0v) is 12.9. The van der Waals surface area contributed by atoms with Crippen molar-refractivity contribution in [1.29, 1.82) is 0 Å². The number of nitrogens with zero attached hydrogens (tertiary/aromatic N) is 2. The van der Waals surface area contributed by atoms with Crippen molar-refractivity contribution in [1.82, 2.24) is 4.90 Å². The molecule has 1 rings (SSSR count). The van der Waals surface area contributed by atoms with Crippen LogP contribution in [-0.2, 0) is 0 Å². The monoisotopic (exact) mass is 297 g/mol. The third kappa shape index (κ3) is 5.57. The van der Waals surface area contributed by atoms with Crippen LogP contribution >= 0.6 is 0 Å². The van der Waals surface area contributed by atoms with Crippen LogP contribution in [0.4, 0.5) is 11.4 Å². The molecule has 2 N–H and O–H groups in total. The zero-order chi connectivity index (χ0) is 16.0. The Hall–Kier alpha value is -1.86. The minimum Gasteiger partial charge on any atom is -0.487 e. The van der Waals surface area contributed by atoms with Crippen molar-refractivity contribution < 1.29 is 14.8 Å². The highest BCUT2D eigenvalue weighted by Crippen LogP contribution is 2.30. The van der Waals surface area contributed by atoms with Crippen LogP contribution in [-0.4, -0.2) is 54.3 Å². The van der Waals surface area contributed by atoms with Gasteiger partial charge in [-0.2, -0.15) is 0 Å². The Balaban J connectivity index is 2.80. The average Bonchev–Trinajstić information content (AvgIpc) is 2.35. The Kier molecular flexibility index (Phi) is 5.92. The van der Waals surface area contributed by atoms with Crippen molar-refractivity contribution in [2.24, 2.45) is 0 Å².